The first kappa shape index (κ1) is 22.9. The van der Waals surface area contributed by atoms with E-state index < -0.39 is 10.1 Å². The summed E-state index contributed by atoms with van der Waals surface area (Å²) in [5, 5.41) is 7.22. The number of methoxy groups -OCH3 is 1. The third kappa shape index (κ3) is 4.73. The first-order chi connectivity index (χ1) is 16.8. The number of fused-ring (bicyclic) bond motifs is 2. The summed E-state index contributed by atoms with van der Waals surface area (Å²) < 4.78 is 34.3. The second-order valence-corrected chi connectivity index (χ2v) is 10.0. The van der Waals surface area contributed by atoms with Crippen molar-refractivity contribution in [2.24, 2.45) is 0 Å². The Morgan fingerprint density at radius 2 is 1.77 bits per heavy atom. The van der Waals surface area contributed by atoms with Gasteiger partial charge in [0.2, 0.25) is 0 Å². The quantitative estimate of drug-likeness (QED) is 0.324. The molecule has 1 aliphatic heterocycles. The lowest BCUT2D eigenvalue weighted by molar-refractivity contribution is 0.0966. The van der Waals surface area contributed by atoms with Gasteiger partial charge in [0.25, 0.3) is 5.91 Å². The normalized spacial score (nSPS) is 13.0. The van der Waals surface area contributed by atoms with E-state index in [9.17, 15) is 13.2 Å². The Morgan fingerprint density at radius 1 is 1.00 bits per heavy atom. The third-order valence-corrected chi connectivity index (χ3v) is 6.40. The minimum absolute atomic E-state index is 0.0370. The van der Waals surface area contributed by atoms with Gasteiger partial charge in [-0.25, -0.2) is 0 Å². The molecule has 0 atom stereocenters. The number of benzene rings is 3. The van der Waals surface area contributed by atoms with Crippen molar-refractivity contribution < 1.29 is 22.1 Å². The van der Waals surface area contributed by atoms with E-state index in [1.54, 1.807) is 6.07 Å². The predicted molar refractivity (Wildman–Crippen MR) is 134 cm³/mol. The number of aromatic amines is 1. The Labute approximate surface area is 203 Å². The number of hydrogen-bond donors (Lipinski definition) is 3. The van der Waals surface area contributed by atoms with Crippen LogP contribution in [0.1, 0.15) is 27.0 Å². The molecule has 0 aliphatic carbocycles. The largest absolute Gasteiger partial charge is 0.493 e. The zero-order valence-corrected chi connectivity index (χ0v) is 20.2. The Kier molecular flexibility index (Phi) is 5.96. The van der Waals surface area contributed by atoms with Crippen molar-refractivity contribution in [3.8, 4) is 22.8 Å². The molecule has 0 fully saturated rings. The number of carbonyl (C=O) groups is 1. The maximum Gasteiger partial charge on any atom is 0.306 e. The number of nitrogens with one attached hydrogen (secondary N) is 3. The van der Waals surface area contributed by atoms with Crippen LogP contribution < -0.4 is 19.6 Å². The number of amides is 1. The van der Waals surface area contributed by atoms with Gasteiger partial charge in [-0.05, 0) is 35.4 Å². The summed E-state index contributed by atoms with van der Waals surface area (Å²) in [5.74, 6) is -0.0134. The van der Waals surface area contributed by atoms with Crippen LogP contribution in [0.2, 0.25) is 0 Å². The van der Waals surface area contributed by atoms with E-state index in [-0.39, 0.29) is 24.0 Å². The first-order valence-corrected chi connectivity index (χ1v) is 12.9. The predicted octanol–water partition coefficient (Wildman–Crippen LogP) is 3.72. The molecule has 180 valence electrons. The molecule has 0 unspecified atom stereocenters. The van der Waals surface area contributed by atoms with E-state index >= 15 is 0 Å². The lowest BCUT2D eigenvalue weighted by Crippen LogP contribution is -2.13. The van der Waals surface area contributed by atoms with Crippen LogP contribution in [0.25, 0.3) is 22.2 Å². The van der Waals surface area contributed by atoms with Gasteiger partial charge in [-0.3, -0.25) is 4.79 Å². The van der Waals surface area contributed by atoms with Gasteiger partial charge in [-0.15, -0.1) is 0 Å². The van der Waals surface area contributed by atoms with Crippen LogP contribution >= 0.6 is 0 Å². The van der Waals surface area contributed by atoms with E-state index in [0.29, 0.717) is 23.2 Å². The van der Waals surface area contributed by atoms with Crippen molar-refractivity contribution in [1.82, 2.24) is 15.6 Å². The molecule has 0 saturated carbocycles. The molecule has 3 N–H and O–H groups in total. The van der Waals surface area contributed by atoms with Gasteiger partial charge in [0.1, 0.15) is 0 Å². The fourth-order valence-corrected chi connectivity index (χ4v) is 4.86. The number of rotatable bonds is 8. The fourth-order valence-electron chi connectivity index (χ4n) is 4.37. The molecule has 1 aliphatic rings. The topological polar surface area (TPSA) is 110 Å². The number of ether oxygens (including phenoxy) is 1. The van der Waals surface area contributed by atoms with Gasteiger partial charge < -0.3 is 24.5 Å². The van der Waals surface area contributed by atoms with E-state index in [4.69, 9.17) is 8.92 Å². The second kappa shape index (κ2) is 9.09. The van der Waals surface area contributed by atoms with Crippen molar-refractivity contribution in [3.05, 3.63) is 82.9 Å². The second-order valence-electron chi connectivity index (χ2n) is 8.47. The highest BCUT2D eigenvalue weighted by Crippen LogP contribution is 2.43. The van der Waals surface area contributed by atoms with E-state index in [1.165, 1.54) is 12.7 Å². The first-order valence-electron chi connectivity index (χ1n) is 11.1. The Bertz CT molecular complexity index is 1530. The van der Waals surface area contributed by atoms with Gasteiger partial charge >= 0.3 is 10.1 Å². The SMILES string of the molecule is COc1cc(-c2cc3cc(CNCc4ccccc4)ccc3[nH]2)c2c(c1OS(C)(=O)=O)CNC2=O. The smallest absolute Gasteiger partial charge is 0.306 e. The van der Waals surface area contributed by atoms with Crippen molar-refractivity contribution in [1.29, 1.82) is 0 Å². The monoisotopic (exact) mass is 491 g/mol. The zero-order valence-electron chi connectivity index (χ0n) is 19.3. The number of carbonyl (C=O) groups excluding carboxylic acids is 1. The molecular weight excluding hydrogens is 466 g/mol. The van der Waals surface area contributed by atoms with Gasteiger partial charge in [0.05, 0.1) is 18.9 Å². The van der Waals surface area contributed by atoms with Crippen molar-refractivity contribution >= 4 is 26.9 Å². The van der Waals surface area contributed by atoms with Crippen LogP contribution in [0.15, 0.2) is 60.7 Å². The molecule has 0 spiro atoms. The van der Waals surface area contributed by atoms with Crippen LogP contribution in [-0.4, -0.2) is 32.7 Å². The summed E-state index contributed by atoms with van der Waals surface area (Å²) in [6.45, 7) is 1.65. The number of aromatic nitrogens is 1. The number of hydrogen-bond acceptors (Lipinski definition) is 6. The van der Waals surface area contributed by atoms with E-state index in [0.717, 1.165) is 35.0 Å². The minimum Gasteiger partial charge on any atom is -0.493 e. The standard InChI is InChI=1S/C26H25N3O5S/c1-33-23-12-19(24-20(15-28-26(24)30)25(23)34-35(2,31)32)22-11-18-10-17(8-9-21(18)29-22)14-27-13-16-6-4-3-5-7-16/h3-12,27,29H,13-15H2,1-2H3,(H,28,30). The zero-order chi connectivity index (χ0) is 24.6. The molecule has 1 aromatic heterocycles. The molecule has 4 aromatic rings. The summed E-state index contributed by atoms with van der Waals surface area (Å²) in [6, 6.07) is 20.0. The van der Waals surface area contributed by atoms with Crippen molar-refractivity contribution in [2.75, 3.05) is 13.4 Å². The van der Waals surface area contributed by atoms with Gasteiger partial charge in [0, 0.05) is 47.4 Å². The van der Waals surface area contributed by atoms with Crippen molar-refractivity contribution in [3.63, 3.8) is 0 Å². The Hall–Kier alpha value is -3.82. The summed E-state index contributed by atoms with van der Waals surface area (Å²) in [5.41, 5.74) is 5.47. The molecule has 1 amide bonds. The fraction of sp³-hybridized carbons (Fsp3) is 0.192. The average Bonchev–Trinajstić information content (AvgIpc) is 3.43. The highest BCUT2D eigenvalue weighted by Gasteiger charge is 2.31. The molecule has 0 radical (unpaired) electrons. The van der Waals surface area contributed by atoms with Crippen LogP contribution in [-0.2, 0) is 29.8 Å². The summed E-state index contributed by atoms with van der Waals surface area (Å²) in [7, 11) is -2.37. The van der Waals surface area contributed by atoms with Crippen molar-refractivity contribution in [2.45, 2.75) is 19.6 Å². The highest BCUT2D eigenvalue weighted by atomic mass is 32.2. The molecule has 9 heteroatoms. The molecule has 3 aromatic carbocycles. The van der Waals surface area contributed by atoms with Crippen LogP contribution in [0, 0.1) is 0 Å². The molecule has 5 rings (SSSR count). The summed E-state index contributed by atoms with van der Waals surface area (Å²) in [4.78, 5) is 16.1. The molecule has 0 saturated heterocycles. The summed E-state index contributed by atoms with van der Waals surface area (Å²) in [6.07, 6.45) is 0.959. The van der Waals surface area contributed by atoms with Gasteiger partial charge in [-0.1, -0.05) is 36.4 Å². The minimum atomic E-state index is -3.81. The third-order valence-electron chi connectivity index (χ3n) is 5.93. The molecule has 2 heterocycles. The lowest BCUT2D eigenvalue weighted by atomic mass is 9.98. The highest BCUT2D eigenvalue weighted by molar-refractivity contribution is 7.86. The molecular formula is C26H25N3O5S. The Balaban J connectivity index is 1.48. The van der Waals surface area contributed by atoms with Gasteiger partial charge in [-0.2, -0.15) is 8.42 Å². The maximum atomic E-state index is 12.7. The Morgan fingerprint density at radius 3 is 2.51 bits per heavy atom. The average molecular weight is 492 g/mol. The molecule has 35 heavy (non-hydrogen) atoms. The van der Waals surface area contributed by atoms with Crippen LogP contribution in [0.5, 0.6) is 11.5 Å². The molecule has 0 bridgehead atoms. The van der Waals surface area contributed by atoms with E-state index in [1.807, 2.05) is 30.3 Å². The number of H-pyrrole nitrogens is 1. The van der Waals surface area contributed by atoms with Gasteiger partial charge in [0.15, 0.2) is 11.5 Å². The van der Waals surface area contributed by atoms with Crippen LogP contribution in [0.3, 0.4) is 0 Å². The van der Waals surface area contributed by atoms with Crippen LogP contribution in [0.4, 0.5) is 0 Å². The maximum absolute atomic E-state index is 12.7. The lowest BCUT2D eigenvalue weighted by Gasteiger charge is -2.15. The van der Waals surface area contributed by atoms with E-state index in [2.05, 4.69) is 39.9 Å². The molecule has 8 nitrogen and oxygen atoms in total. The summed E-state index contributed by atoms with van der Waals surface area (Å²) >= 11 is 0.